The van der Waals surface area contributed by atoms with Crippen molar-refractivity contribution in [1.29, 1.82) is 0 Å². The molecule has 0 N–H and O–H groups in total. The van der Waals surface area contributed by atoms with Crippen molar-refractivity contribution >= 4 is 17.9 Å². The molecule has 6 heteroatoms. The number of carbonyl (C=O) groups excluding carboxylic acids is 3. The van der Waals surface area contributed by atoms with E-state index in [0.717, 1.165) is 109 Å². The molecule has 71 heavy (non-hydrogen) atoms. The van der Waals surface area contributed by atoms with E-state index in [9.17, 15) is 14.4 Å². The molecule has 0 fully saturated rings. The fraction of sp³-hybridized carbons (Fsp3) is 0.738. The van der Waals surface area contributed by atoms with Crippen molar-refractivity contribution in [3.05, 3.63) is 85.1 Å². The van der Waals surface area contributed by atoms with E-state index in [2.05, 4.69) is 106 Å². The Hall–Kier alpha value is -3.41. The minimum absolute atomic E-state index is 0.0809. The van der Waals surface area contributed by atoms with Crippen LogP contribution in [0.4, 0.5) is 0 Å². The van der Waals surface area contributed by atoms with Crippen molar-refractivity contribution in [3.8, 4) is 0 Å². The highest BCUT2D eigenvalue weighted by molar-refractivity contribution is 5.71. The number of hydrogen-bond donors (Lipinski definition) is 0. The standard InChI is InChI=1S/C65H112O6/c1-4-7-10-13-16-19-22-24-26-27-28-29-30-31-32-33-34-35-36-37-39-40-43-46-49-52-55-58-64(67)70-61-62(60-69-63(66)57-54-51-48-45-42-21-18-15-12-9-6-3)71-65(68)59-56-53-50-47-44-41-38-25-23-20-17-14-11-8-5-2/h7,10,15-16,18-19,24,26,28-29,31-32,34-35,62H,4-6,8-9,11-14,17,20-23,25,27,30,33,36-61H2,1-3H3/b10-7-,18-15-,19-16-,26-24-,29-28-,32-31-,35-34-. The Morgan fingerprint density at radius 2 is 0.563 bits per heavy atom. The zero-order valence-electron chi connectivity index (χ0n) is 46.7. The molecule has 0 saturated carbocycles. The summed E-state index contributed by atoms with van der Waals surface area (Å²) in [5, 5.41) is 0. The monoisotopic (exact) mass is 989 g/mol. The highest BCUT2D eigenvalue weighted by Crippen LogP contribution is 2.16. The predicted octanol–water partition coefficient (Wildman–Crippen LogP) is 20.3. The third-order valence-corrected chi connectivity index (χ3v) is 12.9. The molecule has 1 atom stereocenters. The van der Waals surface area contributed by atoms with Crippen LogP contribution < -0.4 is 0 Å². The minimum atomic E-state index is -0.781. The highest BCUT2D eigenvalue weighted by atomic mass is 16.6. The Balaban J connectivity index is 4.27. The molecule has 0 aromatic heterocycles. The van der Waals surface area contributed by atoms with E-state index in [1.54, 1.807) is 0 Å². The van der Waals surface area contributed by atoms with Crippen LogP contribution in [0.5, 0.6) is 0 Å². The van der Waals surface area contributed by atoms with Crippen LogP contribution in [-0.2, 0) is 28.6 Å². The van der Waals surface area contributed by atoms with E-state index in [-0.39, 0.29) is 31.1 Å². The van der Waals surface area contributed by atoms with Gasteiger partial charge in [0, 0.05) is 19.3 Å². The van der Waals surface area contributed by atoms with Crippen LogP contribution >= 0.6 is 0 Å². The Labute approximate surface area is 439 Å². The maximum Gasteiger partial charge on any atom is 0.306 e. The molecule has 0 spiro atoms. The molecule has 0 aliphatic rings. The van der Waals surface area contributed by atoms with E-state index in [0.29, 0.717) is 19.3 Å². The molecule has 0 radical (unpaired) electrons. The fourth-order valence-electron chi connectivity index (χ4n) is 8.37. The molecule has 0 rings (SSSR count). The lowest BCUT2D eigenvalue weighted by molar-refractivity contribution is -0.167. The number of ether oxygens (including phenoxy) is 3. The summed E-state index contributed by atoms with van der Waals surface area (Å²) in [7, 11) is 0. The van der Waals surface area contributed by atoms with Crippen molar-refractivity contribution in [3.63, 3.8) is 0 Å². The predicted molar refractivity (Wildman–Crippen MR) is 307 cm³/mol. The number of unbranched alkanes of at least 4 members (excludes halogenated alkanes) is 29. The zero-order chi connectivity index (χ0) is 51.4. The SMILES string of the molecule is CC/C=C\C/C=C\C/C=C\C/C=C\C/C=C\C/C=C\CCCCCCCCCCC(=O)OCC(COC(=O)CCCCCCC/C=C\CCCC)OC(=O)CCCCCCCCCCCCCCCCC. The summed E-state index contributed by atoms with van der Waals surface area (Å²) in [4.78, 5) is 38.1. The first-order valence-corrected chi connectivity index (χ1v) is 30.1. The third-order valence-electron chi connectivity index (χ3n) is 12.9. The van der Waals surface area contributed by atoms with Gasteiger partial charge in [0.2, 0.25) is 0 Å². The van der Waals surface area contributed by atoms with Gasteiger partial charge in [0.05, 0.1) is 0 Å². The van der Waals surface area contributed by atoms with Gasteiger partial charge in [0.25, 0.3) is 0 Å². The number of carbonyl (C=O) groups is 3. The summed E-state index contributed by atoms with van der Waals surface area (Å²) in [5.74, 6) is -0.889. The lowest BCUT2D eigenvalue weighted by Gasteiger charge is -2.18. The summed E-state index contributed by atoms with van der Waals surface area (Å²) >= 11 is 0. The van der Waals surface area contributed by atoms with E-state index in [1.165, 1.54) is 141 Å². The number of esters is 3. The van der Waals surface area contributed by atoms with Gasteiger partial charge in [-0.25, -0.2) is 0 Å². The summed E-state index contributed by atoms with van der Waals surface area (Å²) in [6.45, 7) is 6.49. The topological polar surface area (TPSA) is 78.9 Å². The minimum Gasteiger partial charge on any atom is -0.462 e. The lowest BCUT2D eigenvalue weighted by Crippen LogP contribution is -2.30. The summed E-state index contributed by atoms with van der Waals surface area (Å²) in [5.41, 5.74) is 0. The largest absolute Gasteiger partial charge is 0.462 e. The lowest BCUT2D eigenvalue weighted by atomic mass is 10.0. The van der Waals surface area contributed by atoms with Crippen molar-refractivity contribution in [1.82, 2.24) is 0 Å². The quantitative estimate of drug-likeness (QED) is 0.0261. The fourth-order valence-corrected chi connectivity index (χ4v) is 8.37. The molecule has 0 heterocycles. The smallest absolute Gasteiger partial charge is 0.306 e. The van der Waals surface area contributed by atoms with Gasteiger partial charge in [-0.3, -0.25) is 14.4 Å². The molecule has 1 unspecified atom stereocenters. The van der Waals surface area contributed by atoms with Crippen LogP contribution in [-0.4, -0.2) is 37.2 Å². The Bertz CT molecular complexity index is 1370. The first-order chi connectivity index (χ1) is 35.0. The van der Waals surface area contributed by atoms with Gasteiger partial charge in [-0.15, -0.1) is 0 Å². The second-order valence-corrected chi connectivity index (χ2v) is 19.9. The molecule has 0 aromatic carbocycles. The molecule has 6 nitrogen and oxygen atoms in total. The van der Waals surface area contributed by atoms with Crippen LogP contribution in [0.2, 0.25) is 0 Å². The number of allylic oxidation sites excluding steroid dienone is 14. The molecular formula is C65H112O6. The first-order valence-electron chi connectivity index (χ1n) is 30.1. The van der Waals surface area contributed by atoms with Crippen LogP contribution in [0.15, 0.2) is 85.1 Å². The second-order valence-electron chi connectivity index (χ2n) is 19.9. The highest BCUT2D eigenvalue weighted by Gasteiger charge is 2.19. The second kappa shape index (κ2) is 59.2. The average molecular weight is 990 g/mol. The molecule has 0 bridgehead atoms. The average Bonchev–Trinajstić information content (AvgIpc) is 3.37. The molecule has 0 amide bonds. The zero-order valence-corrected chi connectivity index (χ0v) is 46.7. The van der Waals surface area contributed by atoms with Crippen molar-refractivity contribution in [2.75, 3.05) is 13.2 Å². The van der Waals surface area contributed by atoms with E-state index in [1.807, 2.05) is 0 Å². The van der Waals surface area contributed by atoms with Gasteiger partial charge in [-0.2, -0.15) is 0 Å². The maximum absolute atomic E-state index is 12.8. The van der Waals surface area contributed by atoms with Gasteiger partial charge in [0.1, 0.15) is 13.2 Å². The summed E-state index contributed by atoms with van der Waals surface area (Å²) < 4.78 is 16.9. The van der Waals surface area contributed by atoms with Gasteiger partial charge in [-0.05, 0) is 89.9 Å². The van der Waals surface area contributed by atoms with E-state index >= 15 is 0 Å². The molecule has 0 saturated heterocycles. The van der Waals surface area contributed by atoms with E-state index < -0.39 is 6.10 Å². The Kier molecular flexibility index (Phi) is 56.3. The van der Waals surface area contributed by atoms with Crippen molar-refractivity contribution < 1.29 is 28.6 Å². The van der Waals surface area contributed by atoms with Crippen LogP contribution in [0.1, 0.15) is 290 Å². The molecule has 408 valence electrons. The summed E-state index contributed by atoms with van der Waals surface area (Å²) in [6.07, 6.45) is 77.2. The molecular weight excluding hydrogens is 877 g/mol. The first kappa shape index (κ1) is 67.6. The summed E-state index contributed by atoms with van der Waals surface area (Å²) in [6, 6.07) is 0. The number of hydrogen-bond acceptors (Lipinski definition) is 6. The van der Waals surface area contributed by atoms with Crippen molar-refractivity contribution in [2.45, 2.75) is 297 Å². The van der Waals surface area contributed by atoms with E-state index in [4.69, 9.17) is 14.2 Å². The van der Waals surface area contributed by atoms with Gasteiger partial charge >= 0.3 is 17.9 Å². The Morgan fingerprint density at radius 3 is 0.915 bits per heavy atom. The van der Waals surface area contributed by atoms with Gasteiger partial charge < -0.3 is 14.2 Å². The number of rotatable bonds is 54. The van der Waals surface area contributed by atoms with Crippen molar-refractivity contribution in [2.24, 2.45) is 0 Å². The third kappa shape index (κ3) is 57.4. The molecule has 0 aliphatic carbocycles. The van der Waals surface area contributed by atoms with Crippen LogP contribution in [0, 0.1) is 0 Å². The molecule has 0 aliphatic heterocycles. The van der Waals surface area contributed by atoms with Crippen LogP contribution in [0.3, 0.4) is 0 Å². The van der Waals surface area contributed by atoms with Crippen LogP contribution in [0.25, 0.3) is 0 Å². The molecule has 0 aromatic rings. The van der Waals surface area contributed by atoms with Gasteiger partial charge in [0.15, 0.2) is 6.10 Å². The Morgan fingerprint density at radius 1 is 0.296 bits per heavy atom. The van der Waals surface area contributed by atoms with Gasteiger partial charge in [-0.1, -0.05) is 266 Å². The maximum atomic E-state index is 12.8. The normalized spacial score (nSPS) is 12.7.